The fourth-order valence-corrected chi connectivity index (χ4v) is 0.999. The Bertz CT molecular complexity index is 229. The first-order chi connectivity index (χ1) is 5.72. The van der Waals surface area contributed by atoms with Gasteiger partial charge in [-0.05, 0) is 32.4 Å². The Labute approximate surface area is 74.0 Å². The molecule has 2 nitrogen and oxygen atoms in total. The Hall–Kier alpha value is -0.760. The summed E-state index contributed by atoms with van der Waals surface area (Å²) in [5.74, 6) is 2.00. The van der Waals surface area contributed by atoms with E-state index in [-0.39, 0.29) is 0 Å². The van der Waals surface area contributed by atoms with E-state index >= 15 is 0 Å². The predicted molar refractivity (Wildman–Crippen MR) is 50.0 cm³/mol. The molecule has 0 amide bonds. The monoisotopic (exact) mass is 167 g/mol. The normalized spacial score (nSPS) is 13.2. The Morgan fingerprint density at radius 2 is 2.25 bits per heavy atom. The van der Waals surface area contributed by atoms with Gasteiger partial charge >= 0.3 is 0 Å². The zero-order valence-corrected chi connectivity index (χ0v) is 8.05. The quantitative estimate of drug-likeness (QED) is 0.745. The Balaban J connectivity index is 2.33. The summed E-state index contributed by atoms with van der Waals surface area (Å²) in [5, 5.41) is 3.37. The van der Waals surface area contributed by atoms with Crippen LogP contribution in [0.4, 0.5) is 0 Å². The summed E-state index contributed by atoms with van der Waals surface area (Å²) in [7, 11) is 0. The second kappa shape index (κ2) is 4.31. The molecule has 0 spiro atoms. The van der Waals surface area contributed by atoms with Crippen LogP contribution in [-0.2, 0) is 6.54 Å². The van der Waals surface area contributed by atoms with Crippen LogP contribution in [0.2, 0.25) is 0 Å². The maximum atomic E-state index is 5.42. The number of aryl methyl sites for hydroxylation is 1. The molecule has 0 fully saturated rings. The van der Waals surface area contributed by atoms with Crippen LogP contribution in [0, 0.1) is 6.92 Å². The summed E-state index contributed by atoms with van der Waals surface area (Å²) in [6, 6.07) is 4.58. The van der Waals surface area contributed by atoms with Crippen molar-refractivity contribution in [1.82, 2.24) is 5.32 Å². The Kier molecular flexibility index (Phi) is 3.35. The highest BCUT2D eigenvalue weighted by molar-refractivity contribution is 5.05. The van der Waals surface area contributed by atoms with Crippen molar-refractivity contribution in [2.24, 2.45) is 0 Å². The molecular formula is C10H17NO. The average Bonchev–Trinajstić information content (AvgIpc) is 2.47. The first-order valence-corrected chi connectivity index (χ1v) is 4.51. The van der Waals surface area contributed by atoms with E-state index in [1.54, 1.807) is 0 Å². The molecule has 0 radical (unpaired) electrons. The van der Waals surface area contributed by atoms with Crippen molar-refractivity contribution in [3.8, 4) is 0 Å². The molecule has 1 heterocycles. The highest BCUT2D eigenvalue weighted by Crippen LogP contribution is 2.05. The smallest absolute Gasteiger partial charge is 0.117 e. The minimum Gasteiger partial charge on any atom is -0.465 e. The van der Waals surface area contributed by atoms with Crippen molar-refractivity contribution in [3.63, 3.8) is 0 Å². The average molecular weight is 167 g/mol. The van der Waals surface area contributed by atoms with Crippen molar-refractivity contribution >= 4 is 0 Å². The number of rotatable bonds is 4. The SMILES string of the molecule is CC[C@@H](C)NCc1ccc(C)o1. The highest BCUT2D eigenvalue weighted by atomic mass is 16.3. The molecule has 1 atom stereocenters. The lowest BCUT2D eigenvalue weighted by Gasteiger charge is -2.08. The van der Waals surface area contributed by atoms with E-state index in [1.807, 2.05) is 19.1 Å². The number of hydrogen-bond acceptors (Lipinski definition) is 2. The molecule has 0 saturated carbocycles. The van der Waals surface area contributed by atoms with E-state index in [0.717, 1.165) is 24.5 Å². The van der Waals surface area contributed by atoms with Gasteiger partial charge in [0.1, 0.15) is 11.5 Å². The molecule has 2 heteroatoms. The molecule has 0 saturated heterocycles. The molecule has 0 aromatic carbocycles. The van der Waals surface area contributed by atoms with E-state index in [4.69, 9.17) is 4.42 Å². The van der Waals surface area contributed by atoms with Gasteiger partial charge in [0.25, 0.3) is 0 Å². The maximum absolute atomic E-state index is 5.42. The lowest BCUT2D eigenvalue weighted by molar-refractivity contribution is 0.436. The van der Waals surface area contributed by atoms with Gasteiger partial charge in [-0.1, -0.05) is 6.92 Å². The van der Waals surface area contributed by atoms with E-state index < -0.39 is 0 Å². The van der Waals surface area contributed by atoms with Crippen LogP contribution in [-0.4, -0.2) is 6.04 Å². The molecule has 0 aliphatic rings. The van der Waals surface area contributed by atoms with Crippen molar-refractivity contribution in [2.45, 2.75) is 39.8 Å². The molecule has 0 aliphatic carbocycles. The molecule has 0 aliphatic heterocycles. The third kappa shape index (κ3) is 2.70. The predicted octanol–water partition coefficient (Wildman–Crippen LogP) is 2.48. The van der Waals surface area contributed by atoms with Gasteiger partial charge in [-0.3, -0.25) is 0 Å². The molecule has 0 bridgehead atoms. The van der Waals surface area contributed by atoms with Gasteiger partial charge in [0, 0.05) is 6.04 Å². The topological polar surface area (TPSA) is 25.2 Å². The van der Waals surface area contributed by atoms with E-state index in [0.29, 0.717) is 6.04 Å². The van der Waals surface area contributed by atoms with E-state index in [1.165, 1.54) is 0 Å². The lowest BCUT2D eigenvalue weighted by atomic mass is 10.2. The van der Waals surface area contributed by atoms with Crippen LogP contribution in [0.3, 0.4) is 0 Å². The third-order valence-electron chi connectivity index (χ3n) is 2.03. The highest BCUT2D eigenvalue weighted by Gasteiger charge is 2.00. The van der Waals surface area contributed by atoms with Gasteiger partial charge in [0.15, 0.2) is 0 Å². The Morgan fingerprint density at radius 3 is 2.75 bits per heavy atom. The van der Waals surface area contributed by atoms with E-state index in [2.05, 4.69) is 19.2 Å². The number of furan rings is 1. The lowest BCUT2D eigenvalue weighted by Crippen LogP contribution is -2.24. The van der Waals surface area contributed by atoms with Crippen LogP contribution in [0.5, 0.6) is 0 Å². The van der Waals surface area contributed by atoms with Crippen molar-refractivity contribution in [2.75, 3.05) is 0 Å². The maximum Gasteiger partial charge on any atom is 0.117 e. The summed E-state index contributed by atoms with van der Waals surface area (Å²) < 4.78 is 5.42. The minimum absolute atomic E-state index is 0.565. The molecular weight excluding hydrogens is 150 g/mol. The molecule has 68 valence electrons. The van der Waals surface area contributed by atoms with E-state index in [9.17, 15) is 0 Å². The largest absolute Gasteiger partial charge is 0.465 e. The zero-order valence-electron chi connectivity index (χ0n) is 8.05. The molecule has 1 aromatic rings. The van der Waals surface area contributed by atoms with Crippen molar-refractivity contribution in [3.05, 3.63) is 23.7 Å². The second-order valence-electron chi connectivity index (χ2n) is 3.20. The standard InChI is InChI=1S/C10H17NO/c1-4-8(2)11-7-10-6-5-9(3)12-10/h5-6,8,11H,4,7H2,1-3H3/t8-/m1/s1. The van der Waals surface area contributed by atoms with Gasteiger partial charge in [-0.25, -0.2) is 0 Å². The minimum atomic E-state index is 0.565. The summed E-state index contributed by atoms with van der Waals surface area (Å²) in [5.41, 5.74) is 0. The van der Waals surface area contributed by atoms with Crippen molar-refractivity contribution < 1.29 is 4.42 Å². The van der Waals surface area contributed by atoms with Crippen LogP contribution < -0.4 is 5.32 Å². The van der Waals surface area contributed by atoms with Crippen LogP contribution in [0.25, 0.3) is 0 Å². The van der Waals surface area contributed by atoms with Gasteiger partial charge in [0.05, 0.1) is 6.54 Å². The molecule has 1 aromatic heterocycles. The summed E-state index contributed by atoms with van der Waals surface area (Å²) >= 11 is 0. The number of nitrogens with one attached hydrogen (secondary N) is 1. The fourth-order valence-electron chi connectivity index (χ4n) is 0.999. The van der Waals surface area contributed by atoms with Crippen LogP contribution >= 0.6 is 0 Å². The van der Waals surface area contributed by atoms with Crippen LogP contribution in [0.1, 0.15) is 31.8 Å². The first-order valence-electron chi connectivity index (χ1n) is 4.51. The van der Waals surface area contributed by atoms with Crippen LogP contribution in [0.15, 0.2) is 16.5 Å². The molecule has 1 N–H and O–H groups in total. The summed E-state index contributed by atoms with van der Waals surface area (Å²) in [4.78, 5) is 0. The summed E-state index contributed by atoms with van der Waals surface area (Å²) in [6.07, 6.45) is 1.15. The summed E-state index contributed by atoms with van der Waals surface area (Å²) in [6.45, 7) is 7.15. The van der Waals surface area contributed by atoms with Gasteiger partial charge in [-0.15, -0.1) is 0 Å². The molecule has 0 unspecified atom stereocenters. The van der Waals surface area contributed by atoms with Gasteiger partial charge in [-0.2, -0.15) is 0 Å². The third-order valence-corrected chi connectivity index (χ3v) is 2.03. The molecule has 12 heavy (non-hydrogen) atoms. The second-order valence-corrected chi connectivity index (χ2v) is 3.20. The zero-order chi connectivity index (χ0) is 8.97. The van der Waals surface area contributed by atoms with Gasteiger partial charge in [0.2, 0.25) is 0 Å². The fraction of sp³-hybridized carbons (Fsp3) is 0.600. The number of hydrogen-bond donors (Lipinski definition) is 1. The Morgan fingerprint density at radius 1 is 1.50 bits per heavy atom. The first kappa shape index (κ1) is 9.33. The molecule has 1 rings (SSSR count). The van der Waals surface area contributed by atoms with Gasteiger partial charge < -0.3 is 9.73 Å². The van der Waals surface area contributed by atoms with Crippen molar-refractivity contribution in [1.29, 1.82) is 0 Å².